The van der Waals surface area contributed by atoms with E-state index < -0.39 is 5.41 Å². The van der Waals surface area contributed by atoms with Gasteiger partial charge in [0.1, 0.15) is 5.82 Å². The summed E-state index contributed by atoms with van der Waals surface area (Å²) >= 11 is 0. The summed E-state index contributed by atoms with van der Waals surface area (Å²) in [6.45, 7) is 4.67. The molecule has 0 saturated carbocycles. The van der Waals surface area contributed by atoms with E-state index in [1.807, 2.05) is 29.2 Å². The van der Waals surface area contributed by atoms with Crippen LogP contribution in [-0.4, -0.2) is 42.1 Å². The second kappa shape index (κ2) is 9.67. The summed E-state index contributed by atoms with van der Waals surface area (Å²) in [5, 5.41) is 0. The molecule has 4 nitrogen and oxygen atoms in total. The lowest BCUT2D eigenvalue weighted by molar-refractivity contribution is -0.142. The van der Waals surface area contributed by atoms with E-state index in [-0.39, 0.29) is 17.6 Å². The van der Waals surface area contributed by atoms with Crippen LogP contribution in [-0.2, 0) is 14.9 Å². The Bertz CT molecular complexity index is 1150. The van der Waals surface area contributed by atoms with Crippen molar-refractivity contribution in [2.45, 2.75) is 43.9 Å². The fourth-order valence-electron chi connectivity index (χ4n) is 5.42. The van der Waals surface area contributed by atoms with E-state index in [9.17, 15) is 9.18 Å². The van der Waals surface area contributed by atoms with Gasteiger partial charge in [-0.05, 0) is 62.4 Å². The summed E-state index contributed by atoms with van der Waals surface area (Å²) in [7, 11) is 0. The van der Waals surface area contributed by atoms with Gasteiger partial charge in [0.2, 0.25) is 5.91 Å². The second-order valence-electron chi connectivity index (χ2n) is 9.58. The van der Waals surface area contributed by atoms with Crippen molar-refractivity contribution in [3.63, 3.8) is 0 Å². The second-order valence-corrected chi connectivity index (χ2v) is 9.58. The largest absolute Gasteiger partial charge is 0.381 e. The van der Waals surface area contributed by atoms with E-state index in [0.29, 0.717) is 43.9 Å². The molecule has 2 saturated heterocycles. The van der Waals surface area contributed by atoms with E-state index in [1.54, 1.807) is 12.1 Å². The molecule has 3 aromatic rings. The van der Waals surface area contributed by atoms with Crippen LogP contribution in [0.25, 0.3) is 11.3 Å². The SMILES string of the molecule is Cc1ccc(C2(C(=O)N3CCCC(c4cccc(-c5ccccc5F)n4)C3)CCOCC2)cc1. The molecule has 0 bridgehead atoms. The van der Waals surface area contributed by atoms with E-state index in [1.165, 1.54) is 11.6 Å². The predicted octanol–water partition coefficient (Wildman–Crippen LogP) is 5.65. The molecule has 1 atom stereocenters. The number of carbonyl (C=O) groups excluding carboxylic acids is 1. The van der Waals surface area contributed by atoms with Crippen LogP contribution in [0.4, 0.5) is 4.39 Å². The Morgan fingerprint density at radius 1 is 1.03 bits per heavy atom. The Hall–Kier alpha value is -3.05. The summed E-state index contributed by atoms with van der Waals surface area (Å²) in [6, 6.07) is 20.9. The van der Waals surface area contributed by atoms with Gasteiger partial charge in [-0.3, -0.25) is 9.78 Å². The number of aryl methyl sites for hydroxylation is 1. The van der Waals surface area contributed by atoms with Gasteiger partial charge in [-0.2, -0.15) is 0 Å². The average Bonchev–Trinajstić information content (AvgIpc) is 2.89. The van der Waals surface area contributed by atoms with Crippen LogP contribution in [0, 0.1) is 12.7 Å². The normalized spacial score (nSPS) is 20.2. The Labute approximate surface area is 200 Å². The smallest absolute Gasteiger partial charge is 0.233 e. The van der Waals surface area contributed by atoms with Crippen LogP contribution in [0.1, 0.15) is 48.4 Å². The van der Waals surface area contributed by atoms with Crippen molar-refractivity contribution in [1.29, 1.82) is 0 Å². The third-order valence-electron chi connectivity index (χ3n) is 7.41. The first-order valence-electron chi connectivity index (χ1n) is 12.2. The maximum absolute atomic E-state index is 14.3. The summed E-state index contributed by atoms with van der Waals surface area (Å²) in [5.74, 6) is 0.0705. The Morgan fingerprint density at radius 2 is 1.79 bits per heavy atom. The summed E-state index contributed by atoms with van der Waals surface area (Å²) < 4.78 is 20.0. The van der Waals surface area contributed by atoms with Crippen molar-refractivity contribution in [2.75, 3.05) is 26.3 Å². The number of carbonyl (C=O) groups is 1. The zero-order valence-electron chi connectivity index (χ0n) is 19.7. The quantitative estimate of drug-likeness (QED) is 0.507. The zero-order valence-corrected chi connectivity index (χ0v) is 19.7. The van der Waals surface area contributed by atoms with Gasteiger partial charge < -0.3 is 9.64 Å². The fraction of sp³-hybridized carbons (Fsp3) is 0.379. The van der Waals surface area contributed by atoms with Crippen molar-refractivity contribution in [3.05, 3.63) is 89.4 Å². The van der Waals surface area contributed by atoms with Crippen molar-refractivity contribution < 1.29 is 13.9 Å². The summed E-state index contributed by atoms with van der Waals surface area (Å²) in [5.41, 5.74) is 3.82. The molecule has 1 aromatic heterocycles. The fourth-order valence-corrected chi connectivity index (χ4v) is 5.42. The monoisotopic (exact) mass is 458 g/mol. The molecule has 176 valence electrons. The highest BCUT2D eigenvalue weighted by atomic mass is 19.1. The van der Waals surface area contributed by atoms with Crippen LogP contribution in [0.15, 0.2) is 66.7 Å². The molecule has 1 amide bonds. The number of likely N-dealkylation sites (tertiary alicyclic amines) is 1. The lowest BCUT2D eigenvalue weighted by atomic mass is 9.72. The number of rotatable bonds is 4. The summed E-state index contributed by atoms with van der Waals surface area (Å²) in [4.78, 5) is 20.9. The van der Waals surface area contributed by atoms with E-state index >= 15 is 0 Å². The minimum atomic E-state index is -0.531. The Balaban J connectivity index is 1.41. The minimum absolute atomic E-state index is 0.138. The van der Waals surface area contributed by atoms with Crippen molar-refractivity contribution in [2.24, 2.45) is 0 Å². The number of amides is 1. The molecular weight excluding hydrogens is 427 g/mol. The first kappa shape index (κ1) is 22.7. The van der Waals surface area contributed by atoms with Gasteiger partial charge in [-0.25, -0.2) is 4.39 Å². The predicted molar refractivity (Wildman–Crippen MR) is 131 cm³/mol. The van der Waals surface area contributed by atoms with Gasteiger partial charge in [0.25, 0.3) is 0 Å². The highest BCUT2D eigenvalue weighted by molar-refractivity contribution is 5.88. The molecule has 5 rings (SSSR count). The third-order valence-corrected chi connectivity index (χ3v) is 7.41. The van der Waals surface area contributed by atoms with E-state index in [0.717, 1.165) is 30.6 Å². The molecule has 1 unspecified atom stereocenters. The molecule has 3 heterocycles. The number of pyridine rings is 1. The zero-order chi connectivity index (χ0) is 23.5. The molecule has 5 heteroatoms. The maximum Gasteiger partial charge on any atom is 0.233 e. The van der Waals surface area contributed by atoms with E-state index in [4.69, 9.17) is 9.72 Å². The number of ether oxygens (including phenoxy) is 1. The number of halogens is 1. The molecule has 0 spiro atoms. The molecule has 2 aromatic carbocycles. The number of aromatic nitrogens is 1. The standard InChI is InChI=1S/C29H31FN2O2/c1-21-11-13-23(14-12-21)29(15-18-34-19-16-29)28(33)32-17-5-6-22(20-32)26-9-4-10-27(31-26)24-7-2-3-8-25(24)30/h2-4,7-14,22H,5-6,15-20H2,1H3. The number of nitrogens with zero attached hydrogens (tertiary/aromatic N) is 2. The summed E-state index contributed by atoms with van der Waals surface area (Å²) in [6.07, 6.45) is 3.31. The van der Waals surface area contributed by atoms with Gasteiger partial charge >= 0.3 is 0 Å². The number of piperidine rings is 1. The average molecular weight is 459 g/mol. The van der Waals surface area contributed by atoms with Gasteiger partial charge in [0.15, 0.2) is 0 Å². The van der Waals surface area contributed by atoms with Crippen molar-refractivity contribution >= 4 is 5.91 Å². The topological polar surface area (TPSA) is 42.4 Å². The lowest BCUT2D eigenvalue weighted by Gasteiger charge is -2.42. The van der Waals surface area contributed by atoms with Crippen molar-refractivity contribution in [1.82, 2.24) is 9.88 Å². The van der Waals surface area contributed by atoms with Gasteiger partial charge in [-0.1, -0.05) is 48.0 Å². The molecular formula is C29H31FN2O2. The number of benzene rings is 2. The van der Waals surface area contributed by atoms with Crippen LogP contribution in [0.3, 0.4) is 0 Å². The highest BCUT2D eigenvalue weighted by Gasteiger charge is 2.45. The molecule has 0 radical (unpaired) electrons. The first-order valence-corrected chi connectivity index (χ1v) is 12.2. The first-order chi connectivity index (χ1) is 16.6. The third kappa shape index (κ3) is 4.37. The van der Waals surface area contributed by atoms with Crippen LogP contribution in [0.5, 0.6) is 0 Å². The number of hydrogen-bond acceptors (Lipinski definition) is 3. The van der Waals surface area contributed by atoms with Gasteiger partial charge in [-0.15, -0.1) is 0 Å². The highest BCUT2D eigenvalue weighted by Crippen LogP contribution is 2.39. The Kier molecular flexibility index (Phi) is 6.46. The van der Waals surface area contributed by atoms with Crippen LogP contribution >= 0.6 is 0 Å². The van der Waals surface area contributed by atoms with Gasteiger partial charge in [0, 0.05) is 43.5 Å². The molecule has 0 aliphatic carbocycles. The van der Waals surface area contributed by atoms with Crippen molar-refractivity contribution in [3.8, 4) is 11.3 Å². The van der Waals surface area contributed by atoms with Gasteiger partial charge in [0.05, 0.1) is 11.1 Å². The van der Waals surface area contributed by atoms with E-state index in [2.05, 4.69) is 31.2 Å². The Morgan fingerprint density at radius 3 is 2.56 bits per heavy atom. The lowest BCUT2D eigenvalue weighted by Crippen LogP contribution is -2.52. The maximum atomic E-state index is 14.3. The molecule has 0 N–H and O–H groups in total. The molecule has 34 heavy (non-hydrogen) atoms. The minimum Gasteiger partial charge on any atom is -0.381 e. The molecule has 2 fully saturated rings. The molecule has 2 aliphatic rings. The molecule has 2 aliphatic heterocycles. The van der Waals surface area contributed by atoms with Crippen LogP contribution in [0.2, 0.25) is 0 Å². The number of hydrogen-bond donors (Lipinski definition) is 0. The van der Waals surface area contributed by atoms with Crippen LogP contribution < -0.4 is 0 Å².